The summed E-state index contributed by atoms with van der Waals surface area (Å²) in [6, 6.07) is 14.9. The fourth-order valence-electron chi connectivity index (χ4n) is 2.25. The minimum absolute atomic E-state index is 0.0765. The van der Waals surface area contributed by atoms with Gasteiger partial charge in [-0.3, -0.25) is 4.98 Å². The second-order valence-corrected chi connectivity index (χ2v) is 5.18. The van der Waals surface area contributed by atoms with E-state index in [0.29, 0.717) is 17.2 Å². The third kappa shape index (κ3) is 2.98. The van der Waals surface area contributed by atoms with Crippen LogP contribution in [0.5, 0.6) is 0 Å². The molecule has 24 heavy (non-hydrogen) atoms. The number of oxime groups is 1. The maximum Gasteiger partial charge on any atom is 0.205 e. The van der Waals surface area contributed by atoms with E-state index < -0.39 is 0 Å². The van der Waals surface area contributed by atoms with Crippen molar-refractivity contribution in [3.05, 3.63) is 72.6 Å². The molecule has 0 aliphatic heterocycles. The highest BCUT2D eigenvalue weighted by Gasteiger charge is 2.09. The molecule has 0 radical (unpaired) electrons. The topological polar surface area (TPSA) is 111 Å². The van der Waals surface area contributed by atoms with Crippen LogP contribution in [0.1, 0.15) is 11.3 Å². The van der Waals surface area contributed by atoms with Crippen molar-refractivity contribution >= 4 is 11.5 Å². The van der Waals surface area contributed by atoms with E-state index in [0.717, 1.165) is 22.4 Å². The molecule has 3 aromatic rings. The molecule has 0 saturated heterocycles. The van der Waals surface area contributed by atoms with E-state index in [-0.39, 0.29) is 5.84 Å². The first-order valence-corrected chi connectivity index (χ1v) is 7.18. The molecular weight excluding hydrogens is 304 g/mol. The molecule has 0 aliphatic rings. The number of nitrogens with two attached hydrogens (primary N) is 2. The molecule has 2 aromatic heterocycles. The first-order chi connectivity index (χ1) is 11.6. The van der Waals surface area contributed by atoms with E-state index >= 15 is 0 Å². The van der Waals surface area contributed by atoms with Gasteiger partial charge in [0.15, 0.2) is 5.76 Å². The minimum Gasteiger partial charge on any atom is -0.453 e. The van der Waals surface area contributed by atoms with Crippen molar-refractivity contribution in [2.24, 2.45) is 16.6 Å². The Labute approximate surface area is 138 Å². The third-order valence-electron chi connectivity index (χ3n) is 3.57. The smallest absolute Gasteiger partial charge is 0.205 e. The highest BCUT2D eigenvalue weighted by molar-refractivity contribution is 5.94. The molecule has 6 nitrogen and oxygen atoms in total. The van der Waals surface area contributed by atoms with Gasteiger partial charge >= 0.3 is 0 Å². The molecule has 0 spiro atoms. The van der Waals surface area contributed by atoms with Gasteiger partial charge in [0.1, 0.15) is 5.76 Å². The normalized spacial score (nSPS) is 11.4. The summed E-state index contributed by atoms with van der Waals surface area (Å²) >= 11 is 0. The van der Waals surface area contributed by atoms with Crippen LogP contribution in [0.3, 0.4) is 0 Å². The van der Waals surface area contributed by atoms with Gasteiger partial charge in [-0.25, -0.2) is 0 Å². The average Bonchev–Trinajstić information content (AvgIpc) is 3.11. The lowest BCUT2D eigenvalue weighted by atomic mass is 10.1. The van der Waals surface area contributed by atoms with Crippen LogP contribution >= 0.6 is 0 Å². The molecule has 0 atom stereocenters. The molecule has 1 aromatic carbocycles. The number of pyridine rings is 1. The Hall–Kier alpha value is -3.54. The molecule has 0 amide bonds. The van der Waals surface area contributed by atoms with Crippen molar-refractivity contribution in [3.63, 3.8) is 0 Å². The molecule has 5 N–H and O–H groups in total. The number of benzene rings is 1. The van der Waals surface area contributed by atoms with Gasteiger partial charge in [0, 0.05) is 23.0 Å². The molecule has 0 bridgehead atoms. The highest BCUT2D eigenvalue weighted by atomic mass is 16.4. The molecule has 0 saturated carbocycles. The maximum absolute atomic E-state index is 8.66. The van der Waals surface area contributed by atoms with Gasteiger partial charge in [0.25, 0.3) is 0 Å². The van der Waals surface area contributed by atoms with Crippen LogP contribution in [0.25, 0.3) is 28.3 Å². The van der Waals surface area contributed by atoms with Gasteiger partial charge in [-0.2, -0.15) is 0 Å². The molecule has 0 fully saturated rings. The maximum atomic E-state index is 8.66. The Balaban J connectivity index is 1.85. The number of rotatable bonds is 4. The van der Waals surface area contributed by atoms with Crippen LogP contribution in [0.4, 0.5) is 0 Å². The van der Waals surface area contributed by atoms with Gasteiger partial charge in [-0.1, -0.05) is 36.0 Å². The van der Waals surface area contributed by atoms with Crippen molar-refractivity contribution in [1.29, 1.82) is 0 Å². The van der Waals surface area contributed by atoms with Crippen LogP contribution in [0, 0.1) is 0 Å². The largest absolute Gasteiger partial charge is 0.453 e. The molecule has 6 heteroatoms. The zero-order chi connectivity index (χ0) is 17.1. The van der Waals surface area contributed by atoms with E-state index in [2.05, 4.69) is 16.7 Å². The standard InChI is InChI=1S/C18H16N4O2/c1-11(19)12-2-4-13(5-3-12)15-7-6-14(10-21-15)16-8-9-17(24-16)18(20)22-23/h2-10,23H,1,19H2,(H2,20,22). The lowest BCUT2D eigenvalue weighted by molar-refractivity contribution is 0.317. The second kappa shape index (κ2) is 6.29. The number of amidine groups is 1. The molecule has 0 unspecified atom stereocenters. The molecule has 2 heterocycles. The van der Waals surface area contributed by atoms with E-state index in [4.69, 9.17) is 21.1 Å². The van der Waals surface area contributed by atoms with Crippen LogP contribution in [-0.4, -0.2) is 16.0 Å². The zero-order valence-corrected chi connectivity index (χ0v) is 12.8. The Morgan fingerprint density at radius 1 is 1.00 bits per heavy atom. The van der Waals surface area contributed by atoms with Crippen LogP contribution in [0.2, 0.25) is 0 Å². The van der Waals surface area contributed by atoms with Gasteiger partial charge in [0.05, 0.1) is 5.69 Å². The van der Waals surface area contributed by atoms with Crippen molar-refractivity contribution in [2.75, 3.05) is 0 Å². The summed E-state index contributed by atoms with van der Waals surface area (Å²) in [5.41, 5.74) is 15.2. The Morgan fingerprint density at radius 3 is 2.29 bits per heavy atom. The lowest BCUT2D eigenvalue weighted by Gasteiger charge is -2.04. The average molecular weight is 320 g/mol. The Bertz CT molecular complexity index is 894. The van der Waals surface area contributed by atoms with Crippen molar-refractivity contribution < 1.29 is 9.62 Å². The lowest BCUT2D eigenvalue weighted by Crippen LogP contribution is -2.11. The summed E-state index contributed by atoms with van der Waals surface area (Å²) in [7, 11) is 0. The zero-order valence-electron chi connectivity index (χ0n) is 12.8. The third-order valence-corrected chi connectivity index (χ3v) is 3.57. The first kappa shape index (κ1) is 15.4. The summed E-state index contributed by atoms with van der Waals surface area (Å²) in [5.74, 6) is 0.812. The van der Waals surface area contributed by atoms with Crippen LogP contribution < -0.4 is 11.5 Å². The Morgan fingerprint density at radius 2 is 1.71 bits per heavy atom. The SMILES string of the molecule is C=C(N)c1ccc(-c2ccc(-c3ccc(/C(N)=N\O)o3)cn2)cc1. The fourth-order valence-corrected chi connectivity index (χ4v) is 2.25. The number of hydrogen-bond acceptors (Lipinski definition) is 5. The predicted molar refractivity (Wildman–Crippen MR) is 93.1 cm³/mol. The molecule has 0 aliphatic carbocycles. The van der Waals surface area contributed by atoms with Gasteiger partial charge in [-0.15, -0.1) is 0 Å². The monoisotopic (exact) mass is 320 g/mol. The summed E-state index contributed by atoms with van der Waals surface area (Å²) in [6.07, 6.45) is 1.71. The van der Waals surface area contributed by atoms with Gasteiger partial charge < -0.3 is 21.1 Å². The van der Waals surface area contributed by atoms with Crippen molar-refractivity contribution in [3.8, 4) is 22.6 Å². The van der Waals surface area contributed by atoms with Crippen molar-refractivity contribution in [1.82, 2.24) is 4.98 Å². The highest BCUT2D eigenvalue weighted by Crippen LogP contribution is 2.25. The predicted octanol–water partition coefficient (Wildman–Crippen LogP) is 3.03. The number of furan rings is 1. The van der Waals surface area contributed by atoms with E-state index in [1.807, 2.05) is 36.4 Å². The second-order valence-electron chi connectivity index (χ2n) is 5.18. The first-order valence-electron chi connectivity index (χ1n) is 7.18. The summed E-state index contributed by atoms with van der Waals surface area (Å²) in [4.78, 5) is 4.45. The van der Waals surface area contributed by atoms with Gasteiger partial charge in [-0.05, 0) is 29.8 Å². The molecular formula is C18H16N4O2. The summed E-state index contributed by atoms with van der Waals surface area (Å²) < 4.78 is 5.53. The summed E-state index contributed by atoms with van der Waals surface area (Å²) in [5, 5.41) is 11.6. The number of nitrogens with zero attached hydrogens (tertiary/aromatic N) is 2. The van der Waals surface area contributed by atoms with E-state index in [1.165, 1.54) is 0 Å². The summed E-state index contributed by atoms with van der Waals surface area (Å²) in [6.45, 7) is 3.71. The number of hydrogen-bond donors (Lipinski definition) is 3. The van der Waals surface area contributed by atoms with Crippen LogP contribution in [-0.2, 0) is 0 Å². The molecule has 120 valence electrons. The Kier molecular flexibility index (Phi) is 4.03. The van der Waals surface area contributed by atoms with E-state index in [1.54, 1.807) is 18.3 Å². The fraction of sp³-hybridized carbons (Fsp3) is 0. The van der Waals surface area contributed by atoms with Crippen LogP contribution in [0.15, 0.2) is 70.9 Å². The van der Waals surface area contributed by atoms with E-state index in [9.17, 15) is 0 Å². The van der Waals surface area contributed by atoms with Gasteiger partial charge in [0.2, 0.25) is 5.84 Å². The van der Waals surface area contributed by atoms with Crippen molar-refractivity contribution in [2.45, 2.75) is 0 Å². The molecule has 3 rings (SSSR count). The quantitative estimate of drug-likeness (QED) is 0.296. The number of aromatic nitrogens is 1. The minimum atomic E-state index is -0.0765.